The van der Waals surface area contributed by atoms with Crippen LogP contribution in [-0.4, -0.2) is 45.6 Å². The van der Waals surface area contributed by atoms with Crippen LogP contribution in [0, 0.1) is 5.92 Å². The zero-order valence-corrected chi connectivity index (χ0v) is 15.8. The number of carbonyl (C=O) groups is 2. The molecule has 2 fully saturated rings. The predicted octanol–water partition coefficient (Wildman–Crippen LogP) is 1.72. The number of rotatable bonds is 5. The maximum absolute atomic E-state index is 13.3. The number of aryl methyl sites for hydroxylation is 1. The molecule has 2 N–H and O–H groups in total. The first-order valence-electron chi connectivity index (χ1n) is 10.1. The van der Waals surface area contributed by atoms with Crippen LogP contribution in [0.15, 0.2) is 42.7 Å². The van der Waals surface area contributed by atoms with Gasteiger partial charge in [0.05, 0.1) is 5.92 Å². The fraction of sp³-hybridized carbons (Fsp3) is 0.476. The molecule has 146 valence electrons. The summed E-state index contributed by atoms with van der Waals surface area (Å²) in [5.41, 5.74) is 0.946. The van der Waals surface area contributed by atoms with Crippen LogP contribution < -0.4 is 10.6 Å². The molecule has 2 amide bonds. The van der Waals surface area contributed by atoms with Crippen LogP contribution in [0.25, 0.3) is 0 Å². The highest BCUT2D eigenvalue weighted by molar-refractivity contribution is 6.09. The van der Waals surface area contributed by atoms with Gasteiger partial charge in [0, 0.05) is 42.8 Å². The van der Waals surface area contributed by atoms with Gasteiger partial charge in [-0.1, -0.05) is 18.2 Å². The highest BCUT2D eigenvalue weighted by atomic mass is 16.2. The number of aromatic nitrogens is 2. The molecular formula is C21H25N5O2. The molecule has 0 radical (unpaired) electrons. The maximum atomic E-state index is 13.3. The van der Waals surface area contributed by atoms with Gasteiger partial charge < -0.3 is 10.6 Å². The summed E-state index contributed by atoms with van der Waals surface area (Å²) in [6.07, 6.45) is 7.36. The van der Waals surface area contributed by atoms with Crippen LogP contribution in [0.5, 0.6) is 0 Å². The minimum Gasteiger partial charge on any atom is -0.356 e. The third-order valence-electron chi connectivity index (χ3n) is 6.51. The Bertz CT molecular complexity index is 896. The predicted molar refractivity (Wildman–Crippen MR) is 104 cm³/mol. The molecule has 1 aromatic carbocycles. The summed E-state index contributed by atoms with van der Waals surface area (Å²) in [5.74, 6) is -0.414. The van der Waals surface area contributed by atoms with Crippen LogP contribution in [0.1, 0.15) is 31.2 Å². The summed E-state index contributed by atoms with van der Waals surface area (Å²) in [4.78, 5) is 28.8. The molecule has 7 nitrogen and oxygen atoms in total. The van der Waals surface area contributed by atoms with E-state index in [9.17, 15) is 9.59 Å². The van der Waals surface area contributed by atoms with Crippen molar-refractivity contribution in [1.29, 1.82) is 0 Å². The summed E-state index contributed by atoms with van der Waals surface area (Å²) in [6.45, 7) is 2.22. The van der Waals surface area contributed by atoms with E-state index in [4.69, 9.17) is 0 Å². The molecule has 7 heteroatoms. The van der Waals surface area contributed by atoms with Crippen molar-refractivity contribution >= 4 is 17.5 Å². The minimum atomic E-state index is -0.857. The van der Waals surface area contributed by atoms with E-state index in [2.05, 4.69) is 20.6 Å². The Balaban J connectivity index is 1.37. The number of nitrogens with zero attached hydrogens (tertiary/aromatic N) is 3. The van der Waals surface area contributed by atoms with E-state index in [1.165, 1.54) is 0 Å². The van der Waals surface area contributed by atoms with Gasteiger partial charge in [-0.2, -0.15) is 5.10 Å². The summed E-state index contributed by atoms with van der Waals surface area (Å²) in [5, 5.41) is 10.3. The van der Waals surface area contributed by atoms with Crippen molar-refractivity contribution in [3.05, 3.63) is 48.3 Å². The fourth-order valence-corrected chi connectivity index (χ4v) is 5.39. The van der Waals surface area contributed by atoms with Crippen molar-refractivity contribution < 1.29 is 9.59 Å². The van der Waals surface area contributed by atoms with Crippen LogP contribution in [0.4, 0.5) is 5.69 Å². The number of fused-ring (bicyclic) bond motifs is 4. The number of carbonyl (C=O) groups excluding carboxylic acids is 2. The van der Waals surface area contributed by atoms with Crippen molar-refractivity contribution in [3.8, 4) is 0 Å². The lowest BCUT2D eigenvalue weighted by Gasteiger charge is -2.36. The zero-order valence-electron chi connectivity index (χ0n) is 15.8. The third-order valence-corrected chi connectivity index (χ3v) is 6.51. The van der Waals surface area contributed by atoms with Gasteiger partial charge in [0.25, 0.3) is 0 Å². The average molecular weight is 379 g/mol. The Kier molecular flexibility index (Phi) is 4.19. The normalized spacial score (nSPS) is 28.4. The lowest BCUT2D eigenvalue weighted by Crippen LogP contribution is -2.54. The Labute approximate surface area is 164 Å². The van der Waals surface area contributed by atoms with E-state index in [-0.39, 0.29) is 17.7 Å². The quantitative estimate of drug-likeness (QED) is 0.776. The van der Waals surface area contributed by atoms with Gasteiger partial charge in [0.2, 0.25) is 11.8 Å². The monoisotopic (exact) mass is 379 g/mol. The van der Waals surface area contributed by atoms with Gasteiger partial charge in [0.1, 0.15) is 5.54 Å². The molecule has 28 heavy (non-hydrogen) atoms. The van der Waals surface area contributed by atoms with Crippen LogP contribution >= 0.6 is 0 Å². The average Bonchev–Trinajstić information content (AvgIpc) is 3.45. The smallest absolute Gasteiger partial charge is 0.250 e. The van der Waals surface area contributed by atoms with E-state index < -0.39 is 5.54 Å². The second-order valence-electron chi connectivity index (χ2n) is 7.96. The summed E-state index contributed by atoms with van der Waals surface area (Å²) < 4.78 is 1.86. The number of hydrogen-bond acceptors (Lipinski definition) is 4. The molecule has 2 saturated heterocycles. The molecule has 5 rings (SSSR count). The highest BCUT2D eigenvalue weighted by Gasteiger charge is 2.65. The van der Waals surface area contributed by atoms with E-state index in [1.807, 2.05) is 41.2 Å². The standard InChI is InChI=1S/C21H25N5O2/c27-19(22-9-4-11-25-12-5-10-23-25)17-14-15-6-3-13-26(15)21(17)16-7-1-2-8-18(16)24-20(21)28/h1-2,5,7-8,10,12,15,17H,3-4,6,9,11,13-14H2,(H,22,27)(H,24,28)/t15-,17+,21+/m1/s1. The Hall–Kier alpha value is -2.67. The highest BCUT2D eigenvalue weighted by Crippen LogP contribution is 2.55. The summed E-state index contributed by atoms with van der Waals surface area (Å²) in [6, 6.07) is 10.0. The number of hydrogen-bond donors (Lipinski definition) is 2. The molecule has 0 aliphatic carbocycles. The molecule has 0 bridgehead atoms. The van der Waals surface area contributed by atoms with Gasteiger partial charge in [-0.3, -0.25) is 19.2 Å². The number of amides is 2. The summed E-state index contributed by atoms with van der Waals surface area (Å²) in [7, 11) is 0. The Morgan fingerprint density at radius 1 is 1.32 bits per heavy atom. The largest absolute Gasteiger partial charge is 0.356 e. The number of nitrogens with one attached hydrogen (secondary N) is 2. The molecule has 1 spiro atoms. The maximum Gasteiger partial charge on any atom is 0.250 e. The first-order chi connectivity index (χ1) is 13.7. The minimum absolute atomic E-state index is 0.0123. The Morgan fingerprint density at radius 2 is 2.21 bits per heavy atom. The van der Waals surface area contributed by atoms with E-state index in [1.54, 1.807) is 6.20 Å². The van der Waals surface area contributed by atoms with Gasteiger partial charge in [-0.05, 0) is 44.4 Å². The van der Waals surface area contributed by atoms with Crippen molar-refractivity contribution in [2.75, 3.05) is 18.4 Å². The van der Waals surface area contributed by atoms with E-state index in [0.717, 1.165) is 50.0 Å². The third kappa shape index (κ3) is 2.49. The van der Waals surface area contributed by atoms with Gasteiger partial charge >= 0.3 is 0 Å². The second kappa shape index (κ2) is 6.74. The summed E-state index contributed by atoms with van der Waals surface area (Å²) >= 11 is 0. The number of benzene rings is 1. The molecule has 0 saturated carbocycles. The molecule has 1 aromatic heterocycles. The first-order valence-corrected chi connectivity index (χ1v) is 10.1. The number of anilines is 1. The molecular weight excluding hydrogens is 354 g/mol. The zero-order chi connectivity index (χ0) is 19.1. The Morgan fingerprint density at radius 3 is 3.07 bits per heavy atom. The molecule has 3 atom stereocenters. The molecule has 4 heterocycles. The van der Waals surface area contributed by atoms with Crippen LogP contribution in [0.3, 0.4) is 0 Å². The molecule has 0 unspecified atom stereocenters. The van der Waals surface area contributed by atoms with Crippen molar-refractivity contribution in [2.45, 2.75) is 43.8 Å². The molecule has 2 aromatic rings. The van der Waals surface area contributed by atoms with Crippen LogP contribution in [0.2, 0.25) is 0 Å². The fourth-order valence-electron chi connectivity index (χ4n) is 5.39. The SMILES string of the molecule is O=C(NCCCn1cccn1)[C@@H]1C[C@H]2CCCN2[C@]12C(=O)Nc1ccccc12. The van der Waals surface area contributed by atoms with Crippen molar-refractivity contribution in [3.63, 3.8) is 0 Å². The molecule has 3 aliphatic rings. The van der Waals surface area contributed by atoms with Crippen molar-refractivity contribution in [1.82, 2.24) is 20.0 Å². The van der Waals surface area contributed by atoms with Crippen LogP contribution in [-0.2, 0) is 21.7 Å². The van der Waals surface area contributed by atoms with Gasteiger partial charge in [-0.15, -0.1) is 0 Å². The lowest BCUT2D eigenvalue weighted by atomic mass is 9.78. The van der Waals surface area contributed by atoms with Crippen molar-refractivity contribution in [2.24, 2.45) is 5.92 Å². The van der Waals surface area contributed by atoms with E-state index in [0.29, 0.717) is 12.6 Å². The lowest BCUT2D eigenvalue weighted by molar-refractivity contribution is -0.137. The molecule has 3 aliphatic heterocycles. The topological polar surface area (TPSA) is 79.3 Å². The number of para-hydroxylation sites is 1. The van der Waals surface area contributed by atoms with E-state index >= 15 is 0 Å². The van der Waals surface area contributed by atoms with Gasteiger partial charge in [0.15, 0.2) is 0 Å². The second-order valence-corrected chi connectivity index (χ2v) is 7.96. The first kappa shape index (κ1) is 17.4. The van der Waals surface area contributed by atoms with Gasteiger partial charge in [-0.25, -0.2) is 0 Å².